The van der Waals surface area contributed by atoms with E-state index in [1.165, 1.54) is 0 Å². The molecule has 0 aliphatic carbocycles. The van der Waals surface area contributed by atoms with Crippen LogP contribution < -0.4 is 25.3 Å². The summed E-state index contributed by atoms with van der Waals surface area (Å²) in [5.41, 5.74) is 8.44. The van der Waals surface area contributed by atoms with Crippen LogP contribution in [0.15, 0.2) is 66.7 Å². The Morgan fingerprint density at radius 3 is 2.11 bits per heavy atom. The normalized spacial score (nSPS) is 10.2. The SMILES string of the molecule is COc1cc(OC)cc(OCc2ccc(C(=O)Nc3ccccc3N)cc2)c1. The highest BCUT2D eigenvalue weighted by atomic mass is 16.5. The van der Waals surface area contributed by atoms with Gasteiger partial charge in [-0.05, 0) is 29.8 Å². The van der Waals surface area contributed by atoms with Gasteiger partial charge in [0.1, 0.15) is 23.9 Å². The second kappa shape index (κ2) is 8.81. The molecule has 3 aromatic carbocycles. The number of anilines is 2. The van der Waals surface area contributed by atoms with Gasteiger partial charge < -0.3 is 25.3 Å². The van der Waals surface area contributed by atoms with Gasteiger partial charge in [-0.2, -0.15) is 0 Å². The number of benzene rings is 3. The fourth-order valence-electron chi connectivity index (χ4n) is 2.59. The molecule has 0 fully saturated rings. The van der Waals surface area contributed by atoms with Gasteiger partial charge in [-0.3, -0.25) is 4.79 Å². The Morgan fingerprint density at radius 2 is 1.50 bits per heavy atom. The molecule has 0 aliphatic rings. The maximum absolute atomic E-state index is 12.4. The molecule has 0 heterocycles. The van der Waals surface area contributed by atoms with E-state index in [0.717, 1.165) is 5.56 Å². The Labute approximate surface area is 163 Å². The van der Waals surface area contributed by atoms with Crippen molar-refractivity contribution >= 4 is 17.3 Å². The first-order chi connectivity index (χ1) is 13.6. The van der Waals surface area contributed by atoms with E-state index in [0.29, 0.717) is 40.8 Å². The zero-order valence-electron chi connectivity index (χ0n) is 15.8. The lowest BCUT2D eigenvalue weighted by Gasteiger charge is -2.11. The molecule has 3 rings (SSSR count). The number of hydrogen-bond acceptors (Lipinski definition) is 5. The summed E-state index contributed by atoms with van der Waals surface area (Å²) in [5.74, 6) is 1.73. The minimum Gasteiger partial charge on any atom is -0.496 e. The Balaban J connectivity index is 1.63. The third-order valence-corrected chi connectivity index (χ3v) is 4.16. The maximum atomic E-state index is 12.4. The Hall–Kier alpha value is -3.67. The van der Waals surface area contributed by atoms with Crippen LogP contribution in [0.4, 0.5) is 11.4 Å². The summed E-state index contributed by atoms with van der Waals surface area (Å²) in [4.78, 5) is 12.4. The van der Waals surface area contributed by atoms with E-state index >= 15 is 0 Å². The minimum absolute atomic E-state index is 0.220. The van der Waals surface area contributed by atoms with E-state index in [1.54, 1.807) is 56.7 Å². The van der Waals surface area contributed by atoms with Crippen molar-refractivity contribution in [2.24, 2.45) is 0 Å². The van der Waals surface area contributed by atoms with Crippen LogP contribution >= 0.6 is 0 Å². The number of nitrogen functional groups attached to an aromatic ring is 1. The number of ether oxygens (including phenoxy) is 3. The number of hydrogen-bond donors (Lipinski definition) is 2. The van der Waals surface area contributed by atoms with Crippen molar-refractivity contribution in [2.75, 3.05) is 25.3 Å². The van der Waals surface area contributed by atoms with Gasteiger partial charge in [-0.15, -0.1) is 0 Å². The lowest BCUT2D eigenvalue weighted by Crippen LogP contribution is -2.13. The van der Waals surface area contributed by atoms with Gasteiger partial charge >= 0.3 is 0 Å². The smallest absolute Gasteiger partial charge is 0.255 e. The first-order valence-electron chi connectivity index (χ1n) is 8.69. The monoisotopic (exact) mass is 378 g/mol. The predicted octanol–water partition coefficient (Wildman–Crippen LogP) is 4.12. The predicted molar refractivity (Wildman–Crippen MR) is 109 cm³/mol. The topological polar surface area (TPSA) is 82.8 Å². The van der Waals surface area contributed by atoms with Gasteiger partial charge in [0.25, 0.3) is 5.91 Å². The largest absolute Gasteiger partial charge is 0.496 e. The lowest BCUT2D eigenvalue weighted by atomic mass is 10.1. The molecule has 1 amide bonds. The summed E-state index contributed by atoms with van der Waals surface area (Å²) in [6.45, 7) is 0.351. The molecular formula is C22H22N2O4. The maximum Gasteiger partial charge on any atom is 0.255 e. The zero-order valence-corrected chi connectivity index (χ0v) is 15.8. The third-order valence-electron chi connectivity index (χ3n) is 4.16. The standard InChI is InChI=1S/C22H22N2O4/c1-26-17-11-18(27-2)13-19(12-17)28-14-15-7-9-16(10-8-15)22(25)24-21-6-4-3-5-20(21)23/h3-13H,14,23H2,1-2H3,(H,24,25). The molecule has 0 atom stereocenters. The summed E-state index contributed by atoms with van der Waals surface area (Å²) >= 11 is 0. The number of amides is 1. The molecule has 6 heteroatoms. The molecule has 0 spiro atoms. The van der Waals surface area contributed by atoms with Crippen LogP contribution in [0.25, 0.3) is 0 Å². The molecule has 3 aromatic rings. The van der Waals surface area contributed by atoms with Crippen molar-refractivity contribution in [3.63, 3.8) is 0 Å². The molecule has 28 heavy (non-hydrogen) atoms. The Morgan fingerprint density at radius 1 is 0.893 bits per heavy atom. The van der Waals surface area contributed by atoms with Crippen LogP contribution in [0.3, 0.4) is 0 Å². The number of nitrogens with two attached hydrogens (primary N) is 1. The van der Waals surface area contributed by atoms with Gasteiger partial charge in [0.05, 0.1) is 25.6 Å². The highest BCUT2D eigenvalue weighted by molar-refractivity contribution is 6.05. The first kappa shape index (κ1) is 19.1. The quantitative estimate of drug-likeness (QED) is 0.605. The van der Waals surface area contributed by atoms with Gasteiger partial charge in [-0.25, -0.2) is 0 Å². The molecule has 0 bridgehead atoms. The highest BCUT2D eigenvalue weighted by Crippen LogP contribution is 2.28. The number of para-hydroxylation sites is 2. The van der Waals surface area contributed by atoms with Gasteiger partial charge in [0, 0.05) is 23.8 Å². The van der Waals surface area contributed by atoms with Gasteiger partial charge in [0.15, 0.2) is 0 Å². The van der Waals surface area contributed by atoms with Crippen molar-refractivity contribution in [3.05, 3.63) is 77.9 Å². The first-order valence-corrected chi connectivity index (χ1v) is 8.69. The van der Waals surface area contributed by atoms with Crippen LogP contribution in [0.5, 0.6) is 17.2 Å². The number of carbonyl (C=O) groups excluding carboxylic acids is 1. The molecule has 3 N–H and O–H groups in total. The van der Waals surface area contributed by atoms with Crippen molar-refractivity contribution in [2.45, 2.75) is 6.61 Å². The molecule has 144 valence electrons. The lowest BCUT2D eigenvalue weighted by molar-refractivity contribution is 0.102. The number of nitrogens with one attached hydrogen (secondary N) is 1. The Kier molecular flexibility index (Phi) is 6.01. The van der Waals surface area contributed by atoms with Crippen LogP contribution in [-0.4, -0.2) is 20.1 Å². The van der Waals surface area contributed by atoms with E-state index in [4.69, 9.17) is 19.9 Å². The second-order valence-electron chi connectivity index (χ2n) is 6.08. The Bertz CT molecular complexity index is 933. The third kappa shape index (κ3) is 4.73. The van der Waals surface area contributed by atoms with E-state index in [9.17, 15) is 4.79 Å². The summed E-state index contributed by atoms with van der Waals surface area (Å²) in [6.07, 6.45) is 0. The highest BCUT2D eigenvalue weighted by Gasteiger charge is 2.08. The molecule has 0 radical (unpaired) electrons. The molecule has 0 saturated heterocycles. The van der Waals surface area contributed by atoms with Gasteiger partial charge in [-0.1, -0.05) is 24.3 Å². The summed E-state index contributed by atoms with van der Waals surface area (Å²) in [6, 6.07) is 19.7. The van der Waals surface area contributed by atoms with Crippen LogP contribution in [0.1, 0.15) is 15.9 Å². The van der Waals surface area contributed by atoms with E-state index in [1.807, 2.05) is 24.3 Å². The van der Waals surface area contributed by atoms with E-state index < -0.39 is 0 Å². The molecule has 6 nitrogen and oxygen atoms in total. The molecule has 0 saturated carbocycles. The molecule has 0 aromatic heterocycles. The van der Waals surface area contributed by atoms with Crippen molar-refractivity contribution in [1.29, 1.82) is 0 Å². The number of rotatable bonds is 7. The van der Waals surface area contributed by atoms with E-state index in [-0.39, 0.29) is 5.91 Å². The fourth-order valence-corrected chi connectivity index (χ4v) is 2.59. The van der Waals surface area contributed by atoms with E-state index in [2.05, 4.69) is 5.32 Å². The van der Waals surface area contributed by atoms with Crippen molar-refractivity contribution in [1.82, 2.24) is 0 Å². The minimum atomic E-state index is -0.220. The van der Waals surface area contributed by atoms with Gasteiger partial charge in [0.2, 0.25) is 0 Å². The summed E-state index contributed by atoms with van der Waals surface area (Å²) < 4.78 is 16.3. The average Bonchev–Trinajstić information content (AvgIpc) is 2.74. The fraction of sp³-hybridized carbons (Fsp3) is 0.136. The van der Waals surface area contributed by atoms with Crippen LogP contribution in [0, 0.1) is 0 Å². The van der Waals surface area contributed by atoms with Crippen LogP contribution in [-0.2, 0) is 6.61 Å². The van der Waals surface area contributed by atoms with Crippen molar-refractivity contribution in [3.8, 4) is 17.2 Å². The number of methoxy groups -OCH3 is 2. The van der Waals surface area contributed by atoms with Crippen LogP contribution in [0.2, 0.25) is 0 Å². The summed E-state index contributed by atoms with van der Waals surface area (Å²) in [5, 5.41) is 2.81. The summed E-state index contributed by atoms with van der Waals surface area (Å²) in [7, 11) is 3.18. The average molecular weight is 378 g/mol. The zero-order chi connectivity index (χ0) is 19.9. The van der Waals surface area contributed by atoms with Crippen molar-refractivity contribution < 1.29 is 19.0 Å². The second-order valence-corrected chi connectivity index (χ2v) is 6.08. The molecule has 0 aliphatic heterocycles. The molecular weight excluding hydrogens is 356 g/mol. The molecule has 0 unspecified atom stereocenters. The number of carbonyl (C=O) groups is 1.